The zero-order valence-corrected chi connectivity index (χ0v) is 12.1. The van der Waals surface area contributed by atoms with Gasteiger partial charge in [-0.25, -0.2) is 0 Å². The van der Waals surface area contributed by atoms with Gasteiger partial charge in [-0.05, 0) is 39.0 Å². The molecule has 1 amide bonds. The molecule has 0 saturated carbocycles. The van der Waals surface area contributed by atoms with Crippen molar-refractivity contribution in [2.45, 2.75) is 6.42 Å². The monoisotopic (exact) mass is 339 g/mol. The van der Waals surface area contributed by atoms with Crippen LogP contribution in [0, 0.1) is 0 Å². The predicted octanol–water partition coefficient (Wildman–Crippen LogP) is 3.39. The molecule has 1 heterocycles. The number of benzene rings is 1. The smallest absolute Gasteiger partial charge is 0.307 e. The maximum absolute atomic E-state index is 12.1. The van der Waals surface area contributed by atoms with E-state index in [-0.39, 0.29) is 12.3 Å². The van der Waals surface area contributed by atoms with Crippen LogP contribution in [0.15, 0.2) is 40.2 Å². The summed E-state index contributed by atoms with van der Waals surface area (Å²) >= 11 is 4.62. The molecule has 0 fully saturated rings. The van der Waals surface area contributed by atoms with Crippen LogP contribution >= 0.6 is 27.3 Å². The van der Waals surface area contributed by atoms with E-state index in [1.165, 1.54) is 11.3 Å². The Hall–Kier alpha value is -1.66. The van der Waals surface area contributed by atoms with E-state index in [0.717, 1.165) is 4.47 Å². The molecular weight excluding hydrogens is 330 g/mol. The van der Waals surface area contributed by atoms with Gasteiger partial charge >= 0.3 is 5.97 Å². The first-order valence-corrected chi connectivity index (χ1v) is 7.09. The van der Waals surface area contributed by atoms with Gasteiger partial charge in [-0.1, -0.05) is 18.2 Å². The molecule has 0 aliphatic rings. The average Bonchev–Trinajstić information content (AvgIpc) is 2.77. The highest BCUT2D eigenvalue weighted by Crippen LogP contribution is 2.24. The third-order valence-electron chi connectivity index (χ3n) is 2.43. The minimum Gasteiger partial charge on any atom is -0.481 e. The summed E-state index contributed by atoms with van der Waals surface area (Å²) in [4.78, 5) is 23.4. The lowest BCUT2D eigenvalue weighted by Gasteiger charge is -2.09. The van der Waals surface area contributed by atoms with E-state index in [1.807, 2.05) is 5.38 Å². The lowest BCUT2D eigenvalue weighted by molar-refractivity contribution is -0.136. The van der Waals surface area contributed by atoms with Gasteiger partial charge < -0.3 is 10.4 Å². The van der Waals surface area contributed by atoms with Crippen LogP contribution in [0.3, 0.4) is 0 Å². The molecule has 4 nitrogen and oxygen atoms in total. The molecular formula is C13H10BrNO3S. The van der Waals surface area contributed by atoms with Crippen molar-refractivity contribution < 1.29 is 14.7 Å². The van der Waals surface area contributed by atoms with Crippen molar-refractivity contribution >= 4 is 44.8 Å². The highest BCUT2D eigenvalue weighted by atomic mass is 79.9. The van der Waals surface area contributed by atoms with Crippen molar-refractivity contribution in [2.75, 3.05) is 5.32 Å². The molecule has 0 bridgehead atoms. The van der Waals surface area contributed by atoms with Crippen LogP contribution in [0.2, 0.25) is 0 Å². The molecule has 6 heteroatoms. The van der Waals surface area contributed by atoms with Crippen LogP contribution in [0.4, 0.5) is 5.69 Å². The first-order valence-electron chi connectivity index (χ1n) is 5.42. The largest absolute Gasteiger partial charge is 0.481 e. The summed E-state index contributed by atoms with van der Waals surface area (Å²) in [6.45, 7) is 0. The Morgan fingerprint density at radius 2 is 2.00 bits per heavy atom. The highest BCUT2D eigenvalue weighted by molar-refractivity contribution is 9.10. The number of aliphatic carboxylic acids is 1. The number of amides is 1. The lowest BCUT2D eigenvalue weighted by atomic mass is 10.1. The summed E-state index contributed by atoms with van der Waals surface area (Å²) in [5, 5.41) is 13.4. The van der Waals surface area contributed by atoms with Gasteiger partial charge in [0.15, 0.2) is 0 Å². The first-order chi connectivity index (χ1) is 9.08. The van der Waals surface area contributed by atoms with Gasteiger partial charge in [0.05, 0.1) is 6.42 Å². The first kappa shape index (κ1) is 13.8. The number of rotatable bonds is 4. The molecule has 98 valence electrons. The van der Waals surface area contributed by atoms with Crippen LogP contribution in [0.1, 0.15) is 15.2 Å². The van der Waals surface area contributed by atoms with Crippen LogP contribution in [-0.4, -0.2) is 17.0 Å². The van der Waals surface area contributed by atoms with E-state index in [1.54, 1.807) is 30.3 Å². The van der Waals surface area contributed by atoms with Crippen molar-refractivity contribution in [3.8, 4) is 0 Å². The van der Waals surface area contributed by atoms with E-state index >= 15 is 0 Å². The Kier molecular flexibility index (Phi) is 4.34. The molecule has 0 aliphatic heterocycles. The lowest BCUT2D eigenvalue weighted by Crippen LogP contribution is -2.13. The van der Waals surface area contributed by atoms with Crippen LogP contribution < -0.4 is 5.32 Å². The number of halogens is 1. The second-order valence-electron chi connectivity index (χ2n) is 3.78. The second-order valence-corrected chi connectivity index (χ2v) is 5.55. The number of thiophene rings is 1. The fourth-order valence-electron chi connectivity index (χ4n) is 1.59. The number of carboxylic acid groups (broad SMARTS) is 1. The van der Waals surface area contributed by atoms with Crippen LogP contribution in [0.5, 0.6) is 0 Å². The molecule has 0 saturated heterocycles. The average molecular weight is 340 g/mol. The second kappa shape index (κ2) is 5.99. The third kappa shape index (κ3) is 3.42. The van der Waals surface area contributed by atoms with Crippen molar-refractivity contribution in [3.63, 3.8) is 0 Å². The Balaban J connectivity index is 2.22. The molecule has 2 aromatic rings. The van der Waals surface area contributed by atoms with Crippen LogP contribution in [-0.2, 0) is 11.2 Å². The predicted molar refractivity (Wildman–Crippen MR) is 77.8 cm³/mol. The Bertz CT molecular complexity index is 624. The van der Waals surface area contributed by atoms with E-state index in [0.29, 0.717) is 16.1 Å². The van der Waals surface area contributed by atoms with Crippen LogP contribution in [0.25, 0.3) is 0 Å². The van der Waals surface area contributed by atoms with Crippen molar-refractivity contribution in [2.24, 2.45) is 0 Å². The summed E-state index contributed by atoms with van der Waals surface area (Å²) in [7, 11) is 0. The van der Waals surface area contributed by atoms with E-state index < -0.39 is 5.97 Å². The Morgan fingerprint density at radius 3 is 2.63 bits per heavy atom. The molecule has 0 aliphatic carbocycles. The molecule has 0 unspecified atom stereocenters. The van der Waals surface area contributed by atoms with E-state index in [2.05, 4.69) is 21.2 Å². The number of carboxylic acids is 1. The van der Waals surface area contributed by atoms with Gasteiger partial charge in [-0.15, -0.1) is 11.3 Å². The summed E-state index contributed by atoms with van der Waals surface area (Å²) in [5.74, 6) is -1.18. The topological polar surface area (TPSA) is 66.4 Å². The normalized spacial score (nSPS) is 10.2. The van der Waals surface area contributed by atoms with Crippen molar-refractivity contribution in [1.82, 2.24) is 0 Å². The zero-order chi connectivity index (χ0) is 13.8. The molecule has 1 aromatic carbocycles. The SMILES string of the molecule is O=C(O)Cc1ccccc1NC(=O)c1sccc1Br. The number of carbonyl (C=O) groups is 2. The van der Waals surface area contributed by atoms with Gasteiger partial charge in [0, 0.05) is 10.2 Å². The molecule has 2 N–H and O–H groups in total. The number of hydrogen-bond donors (Lipinski definition) is 2. The maximum Gasteiger partial charge on any atom is 0.307 e. The van der Waals surface area contributed by atoms with Crippen molar-refractivity contribution in [1.29, 1.82) is 0 Å². The number of hydrogen-bond acceptors (Lipinski definition) is 3. The fraction of sp³-hybridized carbons (Fsp3) is 0.0769. The summed E-state index contributed by atoms with van der Waals surface area (Å²) < 4.78 is 0.728. The van der Waals surface area contributed by atoms with Gasteiger partial charge in [0.25, 0.3) is 5.91 Å². The molecule has 19 heavy (non-hydrogen) atoms. The summed E-state index contributed by atoms with van der Waals surface area (Å²) in [6.07, 6.45) is -0.123. The fourth-order valence-corrected chi connectivity index (χ4v) is 3.04. The molecule has 0 spiro atoms. The number of nitrogens with one attached hydrogen (secondary N) is 1. The zero-order valence-electron chi connectivity index (χ0n) is 9.72. The standard InChI is InChI=1S/C13H10BrNO3S/c14-9-5-6-19-12(9)13(18)15-10-4-2-1-3-8(10)7-11(16)17/h1-6H,7H2,(H,15,18)(H,16,17). The molecule has 2 rings (SSSR count). The summed E-state index contributed by atoms with van der Waals surface area (Å²) in [5.41, 5.74) is 1.10. The number of para-hydroxylation sites is 1. The Morgan fingerprint density at radius 1 is 1.26 bits per heavy atom. The highest BCUT2D eigenvalue weighted by Gasteiger charge is 2.14. The van der Waals surface area contributed by atoms with Crippen molar-refractivity contribution in [3.05, 3.63) is 50.6 Å². The minimum absolute atomic E-state index is 0.123. The van der Waals surface area contributed by atoms with Gasteiger partial charge in [0.1, 0.15) is 4.88 Å². The van der Waals surface area contributed by atoms with E-state index in [4.69, 9.17) is 5.11 Å². The third-order valence-corrected chi connectivity index (χ3v) is 4.27. The van der Waals surface area contributed by atoms with E-state index in [9.17, 15) is 9.59 Å². The minimum atomic E-state index is -0.931. The number of carbonyl (C=O) groups excluding carboxylic acids is 1. The Labute approximate surface area is 122 Å². The molecule has 0 radical (unpaired) electrons. The summed E-state index contributed by atoms with van der Waals surface area (Å²) in [6, 6.07) is 8.67. The quantitative estimate of drug-likeness (QED) is 0.897. The maximum atomic E-state index is 12.1. The van der Waals surface area contributed by atoms with Gasteiger partial charge in [-0.3, -0.25) is 9.59 Å². The molecule has 0 atom stereocenters. The molecule has 1 aromatic heterocycles. The number of anilines is 1. The van der Waals surface area contributed by atoms with Gasteiger partial charge in [0.2, 0.25) is 0 Å². The van der Waals surface area contributed by atoms with Gasteiger partial charge in [-0.2, -0.15) is 0 Å².